The van der Waals surface area contributed by atoms with Gasteiger partial charge in [-0.05, 0) is 49.7 Å². The zero-order valence-corrected chi connectivity index (χ0v) is 19.5. The van der Waals surface area contributed by atoms with E-state index in [0.717, 1.165) is 23.2 Å². The first-order valence-corrected chi connectivity index (χ1v) is 10.7. The smallest absolute Gasteiger partial charge is 0.344 e. The van der Waals surface area contributed by atoms with Crippen LogP contribution >= 0.6 is 0 Å². The Morgan fingerprint density at radius 2 is 1.39 bits per heavy atom. The number of ether oxygens (including phenoxy) is 3. The molecule has 0 radical (unpaired) electrons. The molecule has 0 aliphatic heterocycles. The Labute approximate surface area is 194 Å². The van der Waals surface area contributed by atoms with E-state index in [1.807, 2.05) is 38.4 Å². The highest BCUT2D eigenvalue weighted by Gasteiger charge is 2.10. The molecule has 0 aliphatic rings. The SMILES string of the molecule is C=C(C)C(=O)OCCCC(=O)OCC(=O)OCc1ccc(-c2ccc(CN(C)C)cc2)cc1. The van der Waals surface area contributed by atoms with E-state index in [9.17, 15) is 14.4 Å². The largest absolute Gasteiger partial charge is 0.462 e. The van der Waals surface area contributed by atoms with E-state index in [1.54, 1.807) is 6.92 Å². The van der Waals surface area contributed by atoms with Crippen LogP contribution in [0.1, 0.15) is 30.9 Å². The summed E-state index contributed by atoms with van der Waals surface area (Å²) in [5.41, 5.74) is 4.57. The Kier molecular flexibility index (Phi) is 10.3. The number of hydrogen-bond donors (Lipinski definition) is 0. The summed E-state index contributed by atoms with van der Waals surface area (Å²) < 4.78 is 14.9. The summed E-state index contributed by atoms with van der Waals surface area (Å²) in [6.07, 6.45) is 0.339. The van der Waals surface area contributed by atoms with Crippen LogP contribution in [-0.4, -0.2) is 50.1 Å². The van der Waals surface area contributed by atoms with Crippen molar-refractivity contribution in [1.29, 1.82) is 0 Å². The van der Waals surface area contributed by atoms with E-state index in [1.165, 1.54) is 5.56 Å². The molecule has 0 amide bonds. The lowest BCUT2D eigenvalue weighted by Gasteiger charge is -2.10. The van der Waals surface area contributed by atoms with Crippen molar-refractivity contribution in [1.82, 2.24) is 4.90 Å². The van der Waals surface area contributed by atoms with Crippen molar-refractivity contribution in [3.63, 3.8) is 0 Å². The molecule has 0 atom stereocenters. The number of benzene rings is 2. The molecule has 33 heavy (non-hydrogen) atoms. The van der Waals surface area contributed by atoms with E-state index in [0.29, 0.717) is 12.0 Å². The standard InChI is InChI=1S/C26H31NO6/c1-19(2)26(30)31-15-5-6-24(28)33-18-25(29)32-17-21-9-13-23(14-10-21)22-11-7-20(8-12-22)16-27(3)4/h7-14H,1,5-6,15-18H2,2-4H3. The van der Waals surface area contributed by atoms with Crippen molar-refractivity contribution in [2.45, 2.75) is 32.9 Å². The van der Waals surface area contributed by atoms with Crippen molar-refractivity contribution in [3.8, 4) is 11.1 Å². The van der Waals surface area contributed by atoms with Crippen molar-refractivity contribution < 1.29 is 28.6 Å². The highest BCUT2D eigenvalue weighted by Crippen LogP contribution is 2.21. The van der Waals surface area contributed by atoms with E-state index in [2.05, 4.69) is 35.7 Å². The summed E-state index contributed by atoms with van der Waals surface area (Å²) in [7, 11) is 4.08. The minimum atomic E-state index is -0.627. The maximum Gasteiger partial charge on any atom is 0.344 e. The Hall–Kier alpha value is -3.45. The molecule has 7 heteroatoms. The maximum atomic E-state index is 11.8. The third kappa shape index (κ3) is 9.70. The van der Waals surface area contributed by atoms with Crippen LogP contribution in [0.25, 0.3) is 11.1 Å². The van der Waals surface area contributed by atoms with Crippen LogP contribution in [0.2, 0.25) is 0 Å². The van der Waals surface area contributed by atoms with Gasteiger partial charge in [0, 0.05) is 18.5 Å². The fourth-order valence-electron chi connectivity index (χ4n) is 2.88. The lowest BCUT2D eigenvalue weighted by molar-refractivity contribution is -0.159. The topological polar surface area (TPSA) is 82.1 Å². The third-order valence-electron chi connectivity index (χ3n) is 4.60. The summed E-state index contributed by atoms with van der Waals surface area (Å²) >= 11 is 0. The molecule has 0 heterocycles. The van der Waals surface area contributed by atoms with Crippen LogP contribution in [-0.2, 0) is 41.7 Å². The number of rotatable bonds is 12. The predicted molar refractivity (Wildman–Crippen MR) is 125 cm³/mol. The summed E-state index contributed by atoms with van der Waals surface area (Å²) in [6.45, 7) is 5.62. The molecule has 2 aromatic rings. The van der Waals surface area contributed by atoms with Crippen LogP contribution in [0.3, 0.4) is 0 Å². The Morgan fingerprint density at radius 1 is 0.818 bits per heavy atom. The molecular weight excluding hydrogens is 422 g/mol. The molecule has 0 unspecified atom stereocenters. The van der Waals surface area contributed by atoms with E-state index in [-0.39, 0.29) is 19.6 Å². The molecule has 176 valence electrons. The van der Waals surface area contributed by atoms with E-state index < -0.39 is 24.5 Å². The maximum absolute atomic E-state index is 11.8. The highest BCUT2D eigenvalue weighted by atomic mass is 16.6. The van der Waals surface area contributed by atoms with Crippen LogP contribution < -0.4 is 0 Å². The second kappa shape index (κ2) is 13.2. The van der Waals surface area contributed by atoms with Crippen LogP contribution in [0, 0.1) is 0 Å². The molecule has 0 spiro atoms. The first-order valence-electron chi connectivity index (χ1n) is 10.7. The van der Waals surface area contributed by atoms with E-state index >= 15 is 0 Å². The summed E-state index contributed by atoms with van der Waals surface area (Å²) in [5, 5.41) is 0. The Bertz CT molecular complexity index is 948. The normalized spacial score (nSPS) is 10.5. The van der Waals surface area contributed by atoms with Crippen LogP contribution in [0.15, 0.2) is 60.7 Å². The van der Waals surface area contributed by atoms with Gasteiger partial charge in [0.1, 0.15) is 6.61 Å². The van der Waals surface area contributed by atoms with Gasteiger partial charge in [-0.3, -0.25) is 4.79 Å². The Balaban J connectivity index is 1.69. The zero-order chi connectivity index (χ0) is 24.2. The third-order valence-corrected chi connectivity index (χ3v) is 4.60. The number of carbonyl (C=O) groups excluding carboxylic acids is 3. The van der Waals surface area contributed by atoms with Gasteiger partial charge in [0.25, 0.3) is 0 Å². The molecule has 2 aromatic carbocycles. The number of esters is 3. The molecular formula is C26H31NO6. The van der Waals surface area contributed by atoms with Crippen molar-refractivity contribution in [3.05, 3.63) is 71.8 Å². The molecule has 0 fully saturated rings. The first kappa shape index (κ1) is 25.8. The van der Waals surface area contributed by atoms with Crippen LogP contribution in [0.4, 0.5) is 0 Å². The molecule has 7 nitrogen and oxygen atoms in total. The quantitative estimate of drug-likeness (QED) is 0.209. The average molecular weight is 454 g/mol. The fraction of sp³-hybridized carbons (Fsp3) is 0.346. The second-order valence-electron chi connectivity index (χ2n) is 7.97. The van der Waals surface area contributed by atoms with Gasteiger partial charge in [0.15, 0.2) is 6.61 Å². The molecule has 0 saturated carbocycles. The minimum Gasteiger partial charge on any atom is -0.462 e. The molecule has 0 N–H and O–H groups in total. The number of nitrogens with zero attached hydrogens (tertiary/aromatic N) is 1. The van der Waals surface area contributed by atoms with Gasteiger partial charge < -0.3 is 19.1 Å². The highest BCUT2D eigenvalue weighted by molar-refractivity contribution is 5.86. The zero-order valence-electron chi connectivity index (χ0n) is 19.5. The average Bonchev–Trinajstić information content (AvgIpc) is 2.79. The lowest BCUT2D eigenvalue weighted by atomic mass is 10.0. The fourth-order valence-corrected chi connectivity index (χ4v) is 2.88. The summed E-state index contributed by atoms with van der Waals surface area (Å²) in [5.74, 6) is -1.69. The van der Waals surface area contributed by atoms with Gasteiger partial charge in [-0.25, -0.2) is 9.59 Å². The second-order valence-corrected chi connectivity index (χ2v) is 7.97. The number of hydrogen-bond acceptors (Lipinski definition) is 7. The van der Waals surface area contributed by atoms with E-state index in [4.69, 9.17) is 14.2 Å². The first-order chi connectivity index (χ1) is 15.7. The summed E-state index contributed by atoms with van der Waals surface area (Å²) in [6, 6.07) is 16.2. The molecule has 0 aliphatic carbocycles. The molecule has 0 aromatic heterocycles. The van der Waals surface area contributed by atoms with Gasteiger partial charge >= 0.3 is 17.9 Å². The van der Waals surface area contributed by atoms with Gasteiger partial charge in [-0.1, -0.05) is 55.1 Å². The van der Waals surface area contributed by atoms with Gasteiger partial charge in [0.2, 0.25) is 0 Å². The van der Waals surface area contributed by atoms with Crippen molar-refractivity contribution >= 4 is 17.9 Å². The van der Waals surface area contributed by atoms with Crippen molar-refractivity contribution in [2.75, 3.05) is 27.3 Å². The molecule has 0 saturated heterocycles. The predicted octanol–water partition coefficient (Wildman–Crippen LogP) is 3.90. The Morgan fingerprint density at radius 3 is 1.94 bits per heavy atom. The number of carbonyl (C=O) groups is 3. The molecule has 0 bridgehead atoms. The molecule has 2 rings (SSSR count). The van der Waals surface area contributed by atoms with Gasteiger partial charge in [-0.2, -0.15) is 0 Å². The monoisotopic (exact) mass is 453 g/mol. The van der Waals surface area contributed by atoms with Crippen LogP contribution in [0.5, 0.6) is 0 Å². The van der Waals surface area contributed by atoms with Crippen molar-refractivity contribution in [2.24, 2.45) is 0 Å². The lowest BCUT2D eigenvalue weighted by Crippen LogP contribution is -2.17. The van der Waals surface area contributed by atoms with Gasteiger partial charge in [0.05, 0.1) is 6.61 Å². The van der Waals surface area contributed by atoms with Gasteiger partial charge in [-0.15, -0.1) is 0 Å². The summed E-state index contributed by atoms with van der Waals surface area (Å²) in [4.78, 5) is 36.8. The minimum absolute atomic E-state index is 0.0360.